The summed E-state index contributed by atoms with van der Waals surface area (Å²) in [4.78, 5) is 24.4. The number of nitrogens with one attached hydrogen (secondary N) is 2. The van der Waals surface area contributed by atoms with Crippen LogP contribution in [0.3, 0.4) is 0 Å². The van der Waals surface area contributed by atoms with Crippen molar-refractivity contribution in [2.75, 3.05) is 23.8 Å². The summed E-state index contributed by atoms with van der Waals surface area (Å²) in [6.45, 7) is 4.57. The Bertz CT molecular complexity index is 869. The lowest BCUT2D eigenvalue weighted by Gasteiger charge is -2.24. The van der Waals surface area contributed by atoms with Gasteiger partial charge in [0.05, 0.1) is 12.5 Å². The van der Waals surface area contributed by atoms with Gasteiger partial charge in [-0.15, -0.1) is 0 Å². The number of ether oxygens (including phenoxy) is 2. The number of fused-ring (bicyclic) bond motifs is 1. The molecule has 2 aromatic rings. The molecule has 0 spiro atoms. The maximum atomic E-state index is 12.6. The second-order valence-electron chi connectivity index (χ2n) is 7.15. The molecule has 3 rings (SSSR count). The highest BCUT2D eigenvalue weighted by Crippen LogP contribution is 2.30. The predicted molar refractivity (Wildman–Crippen MR) is 109 cm³/mol. The Morgan fingerprint density at radius 2 is 1.93 bits per heavy atom. The van der Waals surface area contributed by atoms with Gasteiger partial charge in [0.15, 0.2) is 0 Å². The molecule has 1 unspecified atom stereocenters. The molecule has 2 N–H and O–H groups in total. The zero-order valence-corrected chi connectivity index (χ0v) is 16.6. The van der Waals surface area contributed by atoms with Gasteiger partial charge in [-0.05, 0) is 54.3 Å². The molecule has 0 aliphatic carbocycles. The molecule has 0 fully saturated rings. The third kappa shape index (κ3) is 5.39. The first-order chi connectivity index (χ1) is 13.4. The van der Waals surface area contributed by atoms with E-state index < -0.39 is 6.09 Å². The minimum Gasteiger partial charge on any atom is -0.492 e. The molecular weight excluding hydrogens is 380 g/mol. The van der Waals surface area contributed by atoms with Crippen molar-refractivity contribution in [2.45, 2.75) is 20.3 Å². The highest BCUT2D eigenvalue weighted by molar-refractivity contribution is 6.30. The number of amides is 2. The molecule has 2 aromatic carbocycles. The summed E-state index contributed by atoms with van der Waals surface area (Å²) >= 11 is 6.03. The summed E-state index contributed by atoms with van der Waals surface area (Å²) in [6.07, 6.45) is 0.0348. The average Bonchev–Trinajstić information content (AvgIpc) is 2.66. The van der Waals surface area contributed by atoms with Crippen molar-refractivity contribution >= 4 is 35.0 Å². The first-order valence-electron chi connectivity index (χ1n) is 9.16. The number of halogens is 1. The van der Waals surface area contributed by atoms with E-state index in [1.54, 1.807) is 30.3 Å². The van der Waals surface area contributed by atoms with Crippen LogP contribution in [0.25, 0.3) is 0 Å². The molecule has 0 saturated carbocycles. The minimum atomic E-state index is -0.522. The summed E-state index contributed by atoms with van der Waals surface area (Å²) in [5.41, 5.74) is 2.05. The Morgan fingerprint density at radius 3 is 2.68 bits per heavy atom. The Labute approximate surface area is 169 Å². The highest BCUT2D eigenvalue weighted by atomic mass is 35.5. The van der Waals surface area contributed by atoms with Crippen LogP contribution < -0.4 is 15.4 Å². The van der Waals surface area contributed by atoms with Gasteiger partial charge >= 0.3 is 6.09 Å². The number of rotatable bonds is 5. The van der Waals surface area contributed by atoms with E-state index in [2.05, 4.69) is 10.6 Å². The van der Waals surface area contributed by atoms with Gasteiger partial charge in [-0.3, -0.25) is 10.1 Å². The molecule has 2 amide bonds. The molecule has 1 atom stereocenters. The zero-order valence-electron chi connectivity index (χ0n) is 15.8. The standard InChI is InChI=1S/C21H23ClN2O4/c1-13(2)11-28-21(26)24-18-5-3-4-17(10-18)23-20(25)15-8-14-9-16(22)6-7-19(14)27-12-15/h3-7,9-10,13,15H,8,11-12H2,1-2H3,(H,23,25)(H,24,26). The molecule has 1 aliphatic heterocycles. The Balaban J connectivity index is 1.59. The highest BCUT2D eigenvalue weighted by Gasteiger charge is 2.26. The lowest BCUT2D eigenvalue weighted by Crippen LogP contribution is -2.32. The van der Waals surface area contributed by atoms with Gasteiger partial charge in [0.1, 0.15) is 12.4 Å². The van der Waals surface area contributed by atoms with Crippen LogP contribution in [-0.2, 0) is 16.0 Å². The van der Waals surface area contributed by atoms with Gasteiger partial charge in [0.2, 0.25) is 5.91 Å². The van der Waals surface area contributed by atoms with E-state index in [9.17, 15) is 9.59 Å². The molecule has 28 heavy (non-hydrogen) atoms. The molecule has 1 aliphatic rings. The Kier molecular flexibility index (Phi) is 6.41. The SMILES string of the molecule is CC(C)COC(=O)Nc1cccc(NC(=O)C2COc3ccc(Cl)cc3C2)c1. The Morgan fingerprint density at radius 1 is 1.18 bits per heavy atom. The van der Waals surface area contributed by atoms with Crippen molar-refractivity contribution in [1.29, 1.82) is 0 Å². The number of carbonyl (C=O) groups excluding carboxylic acids is 2. The monoisotopic (exact) mass is 402 g/mol. The number of hydrogen-bond donors (Lipinski definition) is 2. The van der Waals surface area contributed by atoms with Crippen LogP contribution in [-0.4, -0.2) is 25.2 Å². The van der Waals surface area contributed by atoms with Crippen LogP contribution in [0, 0.1) is 11.8 Å². The Hall–Kier alpha value is -2.73. The molecule has 0 bridgehead atoms. The zero-order chi connectivity index (χ0) is 20.1. The first-order valence-corrected chi connectivity index (χ1v) is 9.54. The van der Waals surface area contributed by atoms with Crippen molar-refractivity contribution < 1.29 is 19.1 Å². The number of hydrogen-bond acceptors (Lipinski definition) is 4. The van der Waals surface area contributed by atoms with Crippen molar-refractivity contribution in [3.05, 3.63) is 53.1 Å². The van der Waals surface area contributed by atoms with E-state index >= 15 is 0 Å². The van der Waals surface area contributed by atoms with Gasteiger partial charge in [-0.25, -0.2) is 4.79 Å². The van der Waals surface area contributed by atoms with E-state index in [0.29, 0.717) is 36.0 Å². The second-order valence-corrected chi connectivity index (χ2v) is 7.59. The maximum absolute atomic E-state index is 12.6. The van der Waals surface area contributed by atoms with Crippen molar-refractivity contribution in [3.63, 3.8) is 0 Å². The molecule has 7 heteroatoms. The molecule has 0 radical (unpaired) electrons. The molecule has 148 valence electrons. The minimum absolute atomic E-state index is 0.148. The summed E-state index contributed by atoms with van der Waals surface area (Å²) < 4.78 is 10.8. The van der Waals surface area contributed by atoms with Crippen molar-refractivity contribution in [2.24, 2.45) is 11.8 Å². The summed E-state index contributed by atoms with van der Waals surface area (Å²) in [6, 6.07) is 12.3. The lowest BCUT2D eigenvalue weighted by molar-refractivity contribution is -0.121. The van der Waals surface area contributed by atoms with E-state index in [1.807, 2.05) is 26.0 Å². The van der Waals surface area contributed by atoms with Crippen molar-refractivity contribution in [1.82, 2.24) is 0 Å². The summed E-state index contributed by atoms with van der Waals surface area (Å²) in [5, 5.41) is 6.15. The fourth-order valence-electron chi connectivity index (χ4n) is 2.85. The van der Waals surface area contributed by atoms with Crippen molar-refractivity contribution in [3.8, 4) is 5.75 Å². The number of benzene rings is 2. The van der Waals surface area contributed by atoms with Crippen LogP contribution in [0.5, 0.6) is 5.75 Å². The van der Waals surface area contributed by atoms with Crippen LogP contribution >= 0.6 is 11.6 Å². The van der Waals surface area contributed by atoms with Crippen LogP contribution in [0.2, 0.25) is 5.02 Å². The summed E-state index contributed by atoms with van der Waals surface area (Å²) in [7, 11) is 0. The third-order valence-electron chi connectivity index (χ3n) is 4.22. The van der Waals surface area contributed by atoms with Crippen LogP contribution in [0.1, 0.15) is 19.4 Å². The lowest BCUT2D eigenvalue weighted by atomic mass is 9.96. The van der Waals surface area contributed by atoms with E-state index in [1.165, 1.54) is 0 Å². The third-order valence-corrected chi connectivity index (χ3v) is 4.46. The normalized spacial score (nSPS) is 15.4. The topological polar surface area (TPSA) is 76.7 Å². The van der Waals surface area contributed by atoms with Gasteiger partial charge in [0.25, 0.3) is 0 Å². The van der Waals surface area contributed by atoms with Gasteiger partial charge < -0.3 is 14.8 Å². The molecule has 6 nitrogen and oxygen atoms in total. The van der Waals surface area contributed by atoms with Crippen LogP contribution in [0.4, 0.5) is 16.2 Å². The average molecular weight is 403 g/mol. The molecule has 0 saturated heterocycles. The fraction of sp³-hybridized carbons (Fsp3) is 0.333. The number of carbonyl (C=O) groups is 2. The van der Waals surface area contributed by atoms with Crippen LogP contribution in [0.15, 0.2) is 42.5 Å². The van der Waals surface area contributed by atoms with E-state index in [4.69, 9.17) is 21.1 Å². The molecule has 1 heterocycles. The summed E-state index contributed by atoms with van der Waals surface area (Å²) in [5.74, 6) is 0.553. The second kappa shape index (κ2) is 8.97. The maximum Gasteiger partial charge on any atom is 0.411 e. The first kappa shape index (κ1) is 20.0. The largest absolute Gasteiger partial charge is 0.492 e. The van der Waals surface area contributed by atoms with E-state index in [-0.39, 0.29) is 17.7 Å². The predicted octanol–water partition coefficient (Wildman–Crippen LogP) is 4.73. The van der Waals surface area contributed by atoms with Gasteiger partial charge in [0, 0.05) is 16.4 Å². The quantitative estimate of drug-likeness (QED) is 0.757. The fourth-order valence-corrected chi connectivity index (χ4v) is 3.04. The molecule has 0 aromatic heterocycles. The van der Waals surface area contributed by atoms with Gasteiger partial charge in [-0.2, -0.15) is 0 Å². The number of anilines is 2. The van der Waals surface area contributed by atoms with E-state index in [0.717, 1.165) is 11.3 Å². The smallest absolute Gasteiger partial charge is 0.411 e. The molecular formula is C21H23ClN2O4. The van der Waals surface area contributed by atoms with Gasteiger partial charge in [-0.1, -0.05) is 31.5 Å².